The average Bonchev–Trinajstić information content (AvgIpc) is 2.43. The Morgan fingerprint density at radius 1 is 1.15 bits per heavy atom. The molecule has 1 rings (SSSR count). The van der Waals surface area contributed by atoms with Gasteiger partial charge in [-0.15, -0.1) is 0 Å². The molecule has 0 saturated heterocycles. The summed E-state index contributed by atoms with van der Waals surface area (Å²) < 4.78 is 0. The molecule has 0 aliphatic heterocycles. The van der Waals surface area contributed by atoms with E-state index in [9.17, 15) is 14.7 Å². The van der Waals surface area contributed by atoms with Gasteiger partial charge in [0.1, 0.15) is 0 Å². The monoisotopic (exact) mass is 277 g/mol. The maximum Gasteiger partial charge on any atom is 0.336 e. The Hall–Kier alpha value is -1.84. The minimum absolute atomic E-state index is 0.148. The van der Waals surface area contributed by atoms with E-state index in [0.29, 0.717) is 13.0 Å². The molecule has 0 unspecified atom stereocenters. The zero-order valence-corrected chi connectivity index (χ0v) is 12.2. The van der Waals surface area contributed by atoms with Gasteiger partial charge in [-0.25, -0.2) is 4.79 Å². The zero-order valence-electron chi connectivity index (χ0n) is 12.2. The van der Waals surface area contributed by atoms with Crippen molar-refractivity contribution in [3.8, 4) is 0 Å². The number of carbonyl (C=O) groups excluding carboxylic acids is 1. The molecule has 0 aliphatic carbocycles. The number of aryl methyl sites for hydroxylation is 1. The Labute approximate surface area is 120 Å². The number of hydrogen-bond donors (Lipinski definition) is 2. The highest BCUT2D eigenvalue weighted by Gasteiger charge is 2.19. The summed E-state index contributed by atoms with van der Waals surface area (Å²) in [6, 6.07) is 5.13. The van der Waals surface area contributed by atoms with Crippen LogP contribution in [-0.2, 0) is 6.42 Å². The van der Waals surface area contributed by atoms with Crippen molar-refractivity contribution in [2.24, 2.45) is 0 Å². The van der Waals surface area contributed by atoms with Gasteiger partial charge < -0.3 is 10.4 Å². The molecule has 4 nitrogen and oxygen atoms in total. The van der Waals surface area contributed by atoms with Gasteiger partial charge in [0.05, 0.1) is 11.1 Å². The Morgan fingerprint density at radius 3 is 2.50 bits per heavy atom. The van der Waals surface area contributed by atoms with Crippen LogP contribution in [0.4, 0.5) is 0 Å². The molecule has 0 radical (unpaired) electrons. The highest BCUT2D eigenvalue weighted by atomic mass is 16.4. The van der Waals surface area contributed by atoms with E-state index in [1.807, 2.05) is 6.92 Å². The van der Waals surface area contributed by atoms with E-state index in [4.69, 9.17) is 0 Å². The second kappa shape index (κ2) is 8.35. The summed E-state index contributed by atoms with van der Waals surface area (Å²) >= 11 is 0. The summed E-state index contributed by atoms with van der Waals surface area (Å²) in [5, 5.41) is 12.0. The van der Waals surface area contributed by atoms with Crippen molar-refractivity contribution in [1.82, 2.24) is 5.32 Å². The summed E-state index contributed by atoms with van der Waals surface area (Å²) in [6.07, 6.45) is 5.03. The van der Waals surface area contributed by atoms with Crippen molar-refractivity contribution in [2.45, 2.75) is 46.0 Å². The number of amides is 1. The fourth-order valence-electron chi connectivity index (χ4n) is 2.25. The maximum absolute atomic E-state index is 11.9. The lowest BCUT2D eigenvalue weighted by Crippen LogP contribution is -2.25. The molecule has 2 N–H and O–H groups in total. The van der Waals surface area contributed by atoms with Crippen LogP contribution < -0.4 is 5.32 Å². The number of carbonyl (C=O) groups is 2. The maximum atomic E-state index is 11.9. The van der Waals surface area contributed by atoms with Crippen LogP contribution in [0, 0.1) is 0 Å². The van der Waals surface area contributed by atoms with Gasteiger partial charge in [-0.1, -0.05) is 38.3 Å². The van der Waals surface area contributed by atoms with Crippen LogP contribution in [-0.4, -0.2) is 23.5 Å². The molecule has 4 heteroatoms. The summed E-state index contributed by atoms with van der Waals surface area (Å²) in [6.45, 7) is 4.43. The summed E-state index contributed by atoms with van der Waals surface area (Å²) in [4.78, 5) is 23.4. The Balaban J connectivity index is 2.96. The molecule has 110 valence electrons. The molecular weight excluding hydrogens is 254 g/mol. The lowest BCUT2D eigenvalue weighted by atomic mass is 9.96. The van der Waals surface area contributed by atoms with Crippen LogP contribution in [0.2, 0.25) is 0 Å². The Kier molecular flexibility index (Phi) is 6.77. The van der Waals surface area contributed by atoms with Crippen molar-refractivity contribution in [3.05, 3.63) is 34.9 Å². The predicted octanol–water partition coefficient (Wildman–Crippen LogP) is 3.26. The molecule has 0 saturated carbocycles. The summed E-state index contributed by atoms with van der Waals surface area (Å²) in [5.41, 5.74) is 1.15. The Morgan fingerprint density at radius 2 is 1.90 bits per heavy atom. The van der Waals surface area contributed by atoms with Crippen molar-refractivity contribution in [3.63, 3.8) is 0 Å². The van der Waals surface area contributed by atoms with Crippen LogP contribution in [0.15, 0.2) is 18.2 Å². The first-order chi connectivity index (χ1) is 9.61. The van der Waals surface area contributed by atoms with E-state index >= 15 is 0 Å². The van der Waals surface area contributed by atoms with Crippen molar-refractivity contribution < 1.29 is 14.7 Å². The topological polar surface area (TPSA) is 66.4 Å². The van der Waals surface area contributed by atoms with Crippen LogP contribution >= 0.6 is 0 Å². The number of rotatable bonds is 8. The van der Waals surface area contributed by atoms with Crippen LogP contribution in [0.5, 0.6) is 0 Å². The molecule has 0 fully saturated rings. The fourth-order valence-corrected chi connectivity index (χ4v) is 2.25. The van der Waals surface area contributed by atoms with Gasteiger partial charge in [0.2, 0.25) is 0 Å². The molecule has 1 aromatic carbocycles. The molecular formula is C16H23NO3. The third-order valence-electron chi connectivity index (χ3n) is 3.25. The van der Waals surface area contributed by atoms with Gasteiger partial charge in [0, 0.05) is 6.54 Å². The molecule has 1 amide bonds. The third kappa shape index (κ3) is 4.37. The highest BCUT2D eigenvalue weighted by Crippen LogP contribution is 2.18. The van der Waals surface area contributed by atoms with E-state index in [1.54, 1.807) is 18.2 Å². The van der Waals surface area contributed by atoms with E-state index in [0.717, 1.165) is 31.2 Å². The average molecular weight is 277 g/mol. The quantitative estimate of drug-likeness (QED) is 0.717. The lowest BCUT2D eigenvalue weighted by Gasteiger charge is -2.11. The molecule has 0 bridgehead atoms. The number of carboxylic acids is 1. The van der Waals surface area contributed by atoms with Gasteiger partial charge in [-0.05, 0) is 31.4 Å². The number of unbranched alkanes of at least 4 members (excludes halogenated alkanes) is 3. The third-order valence-corrected chi connectivity index (χ3v) is 3.25. The first-order valence-corrected chi connectivity index (χ1v) is 7.25. The van der Waals surface area contributed by atoms with Gasteiger partial charge in [0.25, 0.3) is 5.91 Å². The summed E-state index contributed by atoms with van der Waals surface area (Å²) in [5.74, 6) is -1.35. The van der Waals surface area contributed by atoms with Crippen LogP contribution in [0.3, 0.4) is 0 Å². The normalized spacial score (nSPS) is 10.3. The van der Waals surface area contributed by atoms with Gasteiger partial charge in [-0.3, -0.25) is 4.79 Å². The van der Waals surface area contributed by atoms with Crippen LogP contribution in [0.25, 0.3) is 0 Å². The minimum Gasteiger partial charge on any atom is -0.478 e. The SMILES string of the molecule is CCCCCCc1cccc(C(=O)NCC)c1C(=O)O. The fraction of sp³-hybridized carbons (Fsp3) is 0.500. The predicted molar refractivity (Wildman–Crippen MR) is 79.3 cm³/mol. The molecule has 1 aromatic rings. The second-order valence-corrected chi connectivity index (χ2v) is 4.81. The molecule has 0 heterocycles. The van der Waals surface area contributed by atoms with E-state index in [-0.39, 0.29) is 17.0 Å². The smallest absolute Gasteiger partial charge is 0.336 e. The molecule has 0 aliphatic rings. The first-order valence-electron chi connectivity index (χ1n) is 7.25. The molecule has 20 heavy (non-hydrogen) atoms. The second-order valence-electron chi connectivity index (χ2n) is 4.81. The number of benzene rings is 1. The van der Waals surface area contributed by atoms with Crippen molar-refractivity contribution >= 4 is 11.9 Å². The Bertz CT molecular complexity index is 469. The zero-order chi connectivity index (χ0) is 15.0. The largest absolute Gasteiger partial charge is 0.478 e. The molecule has 0 atom stereocenters. The number of nitrogens with one attached hydrogen (secondary N) is 1. The van der Waals surface area contributed by atoms with E-state index < -0.39 is 5.97 Å². The highest BCUT2D eigenvalue weighted by molar-refractivity contribution is 6.05. The standard InChI is InChI=1S/C16H23NO3/c1-3-5-6-7-9-12-10-8-11-13(14(12)16(19)20)15(18)17-4-2/h8,10-11H,3-7,9H2,1-2H3,(H,17,18)(H,19,20). The molecule has 0 aromatic heterocycles. The van der Waals surface area contributed by atoms with Crippen LogP contribution in [0.1, 0.15) is 65.8 Å². The van der Waals surface area contributed by atoms with Crippen molar-refractivity contribution in [1.29, 1.82) is 0 Å². The van der Waals surface area contributed by atoms with Gasteiger partial charge >= 0.3 is 5.97 Å². The van der Waals surface area contributed by atoms with Gasteiger partial charge in [-0.2, -0.15) is 0 Å². The minimum atomic E-state index is -1.03. The van der Waals surface area contributed by atoms with E-state index in [2.05, 4.69) is 12.2 Å². The number of carboxylic acid groups (broad SMARTS) is 1. The first kappa shape index (κ1) is 16.2. The van der Waals surface area contributed by atoms with Crippen molar-refractivity contribution in [2.75, 3.05) is 6.54 Å². The van der Waals surface area contributed by atoms with E-state index in [1.165, 1.54) is 0 Å². The molecule has 0 spiro atoms. The number of hydrogen-bond acceptors (Lipinski definition) is 2. The summed E-state index contributed by atoms with van der Waals surface area (Å²) in [7, 11) is 0. The number of aromatic carboxylic acids is 1. The van der Waals surface area contributed by atoms with Gasteiger partial charge in [0.15, 0.2) is 0 Å². The lowest BCUT2D eigenvalue weighted by molar-refractivity contribution is 0.0689.